The van der Waals surface area contributed by atoms with Crippen molar-refractivity contribution in [2.24, 2.45) is 0 Å². The topological polar surface area (TPSA) is 67.4 Å². The van der Waals surface area contributed by atoms with Crippen LogP contribution < -0.4 is 15.4 Å². The average molecular weight is 331 g/mol. The Morgan fingerprint density at radius 3 is 2.39 bits per heavy atom. The normalized spacial score (nSPS) is 15.5. The number of amides is 2. The zero-order valence-electron chi connectivity index (χ0n) is 12.4. The molecule has 2 aromatic carbocycles. The van der Waals surface area contributed by atoms with Gasteiger partial charge >= 0.3 is 0 Å². The van der Waals surface area contributed by atoms with Gasteiger partial charge in [0.05, 0.1) is 0 Å². The van der Waals surface area contributed by atoms with Crippen molar-refractivity contribution in [3.63, 3.8) is 0 Å². The van der Waals surface area contributed by atoms with Gasteiger partial charge in [-0.05, 0) is 48.0 Å². The maximum Gasteiger partial charge on any atom is 0.265 e. The van der Waals surface area contributed by atoms with Crippen LogP contribution in [0.1, 0.15) is 12.5 Å². The second-order valence-corrected chi connectivity index (χ2v) is 5.75. The number of hydrogen-bond donors (Lipinski definition) is 2. The van der Waals surface area contributed by atoms with E-state index in [0.29, 0.717) is 28.6 Å². The van der Waals surface area contributed by atoms with Crippen LogP contribution in [0.5, 0.6) is 5.75 Å². The number of anilines is 2. The van der Waals surface area contributed by atoms with Gasteiger partial charge in [0.25, 0.3) is 5.91 Å². The Hall–Kier alpha value is -2.53. The van der Waals surface area contributed by atoms with E-state index in [1.807, 2.05) is 6.07 Å². The number of ether oxygens (including phenoxy) is 1. The molecule has 0 unspecified atom stereocenters. The van der Waals surface area contributed by atoms with E-state index < -0.39 is 6.10 Å². The van der Waals surface area contributed by atoms with E-state index in [0.717, 1.165) is 5.56 Å². The molecule has 0 saturated carbocycles. The lowest BCUT2D eigenvalue weighted by atomic mass is 10.1. The molecule has 1 aliphatic rings. The summed E-state index contributed by atoms with van der Waals surface area (Å²) < 4.78 is 5.64. The van der Waals surface area contributed by atoms with Crippen LogP contribution in [-0.4, -0.2) is 17.9 Å². The summed E-state index contributed by atoms with van der Waals surface area (Å²) in [4.78, 5) is 23.3. The van der Waals surface area contributed by atoms with Crippen LogP contribution in [0.2, 0.25) is 5.02 Å². The van der Waals surface area contributed by atoms with Gasteiger partial charge in [-0.2, -0.15) is 0 Å². The largest absolute Gasteiger partial charge is 0.480 e. The van der Waals surface area contributed by atoms with Gasteiger partial charge in [0.2, 0.25) is 5.91 Å². The highest BCUT2D eigenvalue weighted by atomic mass is 35.5. The predicted octanol–water partition coefficient (Wildman–Crippen LogP) is 3.24. The number of benzene rings is 2. The van der Waals surface area contributed by atoms with Gasteiger partial charge in [-0.15, -0.1) is 0 Å². The lowest BCUT2D eigenvalue weighted by Crippen LogP contribution is -2.31. The fourth-order valence-electron chi connectivity index (χ4n) is 2.43. The third kappa shape index (κ3) is 3.63. The highest BCUT2D eigenvalue weighted by Crippen LogP contribution is 2.31. The number of nitrogens with one attached hydrogen (secondary N) is 2. The lowest BCUT2D eigenvalue weighted by molar-refractivity contribution is -0.122. The molecule has 3 rings (SSSR count). The molecule has 1 aliphatic heterocycles. The van der Waals surface area contributed by atoms with Gasteiger partial charge in [0, 0.05) is 29.7 Å². The van der Waals surface area contributed by atoms with E-state index in [-0.39, 0.29) is 11.8 Å². The molecule has 5 nitrogen and oxygen atoms in total. The maximum absolute atomic E-state index is 12.3. The molecular weight excluding hydrogens is 316 g/mol. The van der Waals surface area contributed by atoms with Gasteiger partial charge in [-0.25, -0.2) is 0 Å². The zero-order chi connectivity index (χ0) is 16.4. The van der Waals surface area contributed by atoms with Crippen LogP contribution in [0, 0.1) is 0 Å². The average Bonchev–Trinajstić information content (AvgIpc) is 2.92. The molecular formula is C17H15ClN2O3. The Labute approximate surface area is 138 Å². The minimum absolute atomic E-state index is 0.141. The molecule has 6 heteroatoms. The van der Waals surface area contributed by atoms with Crippen LogP contribution in [0.3, 0.4) is 0 Å². The second kappa shape index (κ2) is 6.30. The highest BCUT2D eigenvalue weighted by molar-refractivity contribution is 6.30. The van der Waals surface area contributed by atoms with Crippen molar-refractivity contribution < 1.29 is 14.3 Å². The molecule has 1 atom stereocenters. The number of halogens is 1. The number of carbonyl (C=O) groups excluding carboxylic acids is 2. The van der Waals surface area contributed by atoms with Gasteiger partial charge in [-0.3, -0.25) is 9.59 Å². The zero-order valence-corrected chi connectivity index (χ0v) is 13.2. The molecule has 0 fully saturated rings. The SMILES string of the molecule is CC(=O)Nc1ccc(NC(=O)[C@H]2Cc3cc(Cl)ccc3O2)cc1. The molecule has 2 amide bonds. The maximum atomic E-state index is 12.3. The third-order valence-corrected chi connectivity index (χ3v) is 3.70. The Bertz CT molecular complexity index is 759. The van der Waals surface area contributed by atoms with Crippen molar-refractivity contribution in [3.8, 4) is 5.75 Å². The molecule has 0 spiro atoms. The molecule has 2 N–H and O–H groups in total. The summed E-state index contributed by atoms with van der Waals surface area (Å²) in [6, 6.07) is 12.2. The molecule has 0 bridgehead atoms. The molecule has 0 aliphatic carbocycles. The molecule has 2 aromatic rings. The minimum atomic E-state index is -0.571. The summed E-state index contributed by atoms with van der Waals surface area (Å²) in [5.74, 6) is 0.331. The highest BCUT2D eigenvalue weighted by Gasteiger charge is 2.29. The lowest BCUT2D eigenvalue weighted by Gasteiger charge is -2.12. The summed E-state index contributed by atoms with van der Waals surface area (Å²) in [7, 11) is 0. The van der Waals surface area contributed by atoms with Gasteiger partial charge in [0.1, 0.15) is 5.75 Å². The van der Waals surface area contributed by atoms with Crippen LogP contribution in [-0.2, 0) is 16.0 Å². The first-order valence-electron chi connectivity index (χ1n) is 7.15. The van der Waals surface area contributed by atoms with Crippen LogP contribution >= 0.6 is 11.6 Å². The summed E-state index contributed by atoms with van der Waals surface area (Å²) >= 11 is 5.95. The van der Waals surface area contributed by atoms with E-state index in [2.05, 4.69) is 10.6 Å². The van der Waals surface area contributed by atoms with Crippen molar-refractivity contribution in [2.45, 2.75) is 19.4 Å². The summed E-state index contributed by atoms with van der Waals surface area (Å²) in [6.07, 6.45) is -0.0791. The molecule has 0 radical (unpaired) electrons. The molecule has 0 aromatic heterocycles. The molecule has 1 heterocycles. The quantitative estimate of drug-likeness (QED) is 0.907. The summed E-state index contributed by atoms with van der Waals surface area (Å²) in [5.41, 5.74) is 2.25. The van der Waals surface area contributed by atoms with Crippen LogP contribution in [0.15, 0.2) is 42.5 Å². The predicted molar refractivity (Wildman–Crippen MR) is 88.9 cm³/mol. The summed E-state index contributed by atoms with van der Waals surface area (Å²) in [6.45, 7) is 1.44. The first-order chi connectivity index (χ1) is 11.0. The van der Waals surface area contributed by atoms with E-state index in [1.54, 1.807) is 36.4 Å². The van der Waals surface area contributed by atoms with Gasteiger partial charge in [0.15, 0.2) is 6.10 Å². The monoisotopic (exact) mass is 330 g/mol. The number of hydrogen-bond acceptors (Lipinski definition) is 3. The Morgan fingerprint density at radius 1 is 1.09 bits per heavy atom. The van der Waals surface area contributed by atoms with Crippen molar-refractivity contribution in [3.05, 3.63) is 53.1 Å². The first-order valence-corrected chi connectivity index (χ1v) is 7.52. The fraction of sp³-hybridized carbons (Fsp3) is 0.176. The van der Waals surface area contributed by atoms with E-state index >= 15 is 0 Å². The molecule has 0 saturated heterocycles. The van der Waals surface area contributed by atoms with Crippen molar-refractivity contribution in [1.82, 2.24) is 0 Å². The smallest absolute Gasteiger partial charge is 0.265 e. The van der Waals surface area contributed by atoms with Crippen molar-refractivity contribution >= 4 is 34.8 Å². The number of carbonyl (C=O) groups is 2. The molecule has 23 heavy (non-hydrogen) atoms. The van der Waals surface area contributed by atoms with E-state index in [1.165, 1.54) is 6.92 Å². The fourth-order valence-corrected chi connectivity index (χ4v) is 2.62. The van der Waals surface area contributed by atoms with Crippen LogP contribution in [0.25, 0.3) is 0 Å². The van der Waals surface area contributed by atoms with E-state index in [4.69, 9.17) is 16.3 Å². The van der Waals surface area contributed by atoms with Crippen molar-refractivity contribution in [1.29, 1.82) is 0 Å². The Balaban J connectivity index is 1.63. The van der Waals surface area contributed by atoms with Gasteiger partial charge in [-0.1, -0.05) is 11.6 Å². The van der Waals surface area contributed by atoms with Crippen molar-refractivity contribution in [2.75, 3.05) is 10.6 Å². The Morgan fingerprint density at radius 2 is 1.74 bits per heavy atom. The first kappa shape index (κ1) is 15.4. The molecule has 118 valence electrons. The Kier molecular flexibility index (Phi) is 4.21. The number of fused-ring (bicyclic) bond motifs is 1. The number of rotatable bonds is 3. The summed E-state index contributed by atoms with van der Waals surface area (Å²) in [5, 5.41) is 6.10. The van der Waals surface area contributed by atoms with E-state index in [9.17, 15) is 9.59 Å². The van der Waals surface area contributed by atoms with Gasteiger partial charge < -0.3 is 15.4 Å². The standard InChI is InChI=1S/C17H15ClN2O3/c1-10(21)19-13-3-5-14(6-4-13)20-17(22)16-9-11-8-12(18)2-7-15(11)23-16/h2-8,16H,9H2,1H3,(H,19,21)(H,20,22)/t16-/m1/s1. The minimum Gasteiger partial charge on any atom is -0.480 e. The third-order valence-electron chi connectivity index (χ3n) is 3.46. The van der Waals surface area contributed by atoms with Crippen LogP contribution in [0.4, 0.5) is 11.4 Å². The second-order valence-electron chi connectivity index (χ2n) is 5.31.